The minimum atomic E-state index is -0.159. The lowest BCUT2D eigenvalue weighted by molar-refractivity contribution is -0.596. The normalized spacial score (nSPS) is 11.1. The van der Waals surface area contributed by atoms with Crippen molar-refractivity contribution in [2.24, 2.45) is 0 Å². The second kappa shape index (κ2) is 5.05. The second-order valence-electron chi connectivity index (χ2n) is 4.30. The number of nitrogens with zero attached hydrogens (tertiary/aromatic N) is 3. The Morgan fingerprint density at radius 2 is 2.25 bits per heavy atom. The standard InChI is InChI=1S/C14H12N4OS/c1-3-8-20-14-16-13(19)12-10-6-4-5-7-11(10)15-9(2)18(12)17-14/h3-7H,1,8H2,2H3/p+1. The molecule has 0 bridgehead atoms. The van der Waals surface area contributed by atoms with Crippen molar-refractivity contribution < 1.29 is 4.52 Å². The Morgan fingerprint density at radius 3 is 3.05 bits per heavy atom. The van der Waals surface area contributed by atoms with Crippen LogP contribution in [0.3, 0.4) is 0 Å². The summed E-state index contributed by atoms with van der Waals surface area (Å²) in [6, 6.07) is 7.56. The number of rotatable bonds is 3. The summed E-state index contributed by atoms with van der Waals surface area (Å²) in [5, 5.41) is 5.80. The zero-order valence-corrected chi connectivity index (χ0v) is 11.8. The highest BCUT2D eigenvalue weighted by Gasteiger charge is 2.18. The molecule has 0 aliphatic rings. The lowest BCUT2D eigenvalue weighted by atomic mass is 10.2. The number of hydrogen-bond donors (Lipinski definition) is 1. The van der Waals surface area contributed by atoms with E-state index in [4.69, 9.17) is 0 Å². The van der Waals surface area contributed by atoms with Gasteiger partial charge in [-0.05, 0) is 17.1 Å². The third-order valence-electron chi connectivity index (χ3n) is 2.92. The predicted molar refractivity (Wildman–Crippen MR) is 79.0 cm³/mol. The van der Waals surface area contributed by atoms with Gasteiger partial charge < -0.3 is 0 Å². The van der Waals surface area contributed by atoms with Gasteiger partial charge in [0.05, 0.1) is 5.39 Å². The number of fused-ring (bicyclic) bond motifs is 3. The lowest BCUT2D eigenvalue weighted by Gasteiger charge is -2.01. The van der Waals surface area contributed by atoms with Crippen LogP contribution in [0, 0.1) is 6.92 Å². The van der Waals surface area contributed by atoms with Crippen molar-refractivity contribution in [1.29, 1.82) is 0 Å². The van der Waals surface area contributed by atoms with Crippen LogP contribution in [0.1, 0.15) is 5.82 Å². The lowest BCUT2D eigenvalue weighted by Crippen LogP contribution is -2.38. The summed E-state index contributed by atoms with van der Waals surface area (Å²) in [6.45, 7) is 5.50. The van der Waals surface area contributed by atoms with Gasteiger partial charge in [-0.1, -0.05) is 39.6 Å². The van der Waals surface area contributed by atoms with Crippen molar-refractivity contribution >= 4 is 28.2 Å². The average molecular weight is 285 g/mol. The number of thioether (sulfide) groups is 1. The molecule has 0 saturated carbocycles. The molecule has 0 aliphatic carbocycles. The van der Waals surface area contributed by atoms with E-state index in [1.807, 2.05) is 31.2 Å². The van der Waals surface area contributed by atoms with Gasteiger partial charge in [-0.25, -0.2) is 0 Å². The minimum Gasteiger partial charge on any atom is -0.295 e. The molecule has 0 saturated heterocycles. The molecule has 20 heavy (non-hydrogen) atoms. The van der Waals surface area contributed by atoms with Crippen LogP contribution >= 0.6 is 11.8 Å². The fourth-order valence-corrected chi connectivity index (χ4v) is 2.66. The van der Waals surface area contributed by atoms with Gasteiger partial charge in [-0.3, -0.25) is 9.78 Å². The zero-order valence-electron chi connectivity index (χ0n) is 11.0. The van der Waals surface area contributed by atoms with Crippen LogP contribution in [-0.2, 0) is 0 Å². The van der Waals surface area contributed by atoms with Crippen LogP contribution in [0.2, 0.25) is 0 Å². The van der Waals surface area contributed by atoms with Crippen LogP contribution in [-0.4, -0.2) is 20.8 Å². The summed E-state index contributed by atoms with van der Waals surface area (Å²) in [4.78, 5) is 19.6. The van der Waals surface area contributed by atoms with Gasteiger partial charge in [0.15, 0.2) is 5.52 Å². The van der Waals surface area contributed by atoms with Gasteiger partial charge in [-0.2, -0.15) is 0 Å². The molecule has 1 aromatic carbocycles. The summed E-state index contributed by atoms with van der Waals surface area (Å²) in [6.07, 6.45) is 1.77. The molecule has 6 heteroatoms. The zero-order chi connectivity index (χ0) is 14.1. The minimum absolute atomic E-state index is 0.159. The van der Waals surface area contributed by atoms with Crippen LogP contribution < -0.4 is 10.1 Å². The molecule has 3 aromatic rings. The van der Waals surface area contributed by atoms with E-state index < -0.39 is 0 Å². The van der Waals surface area contributed by atoms with Crippen molar-refractivity contribution in [2.75, 3.05) is 5.75 Å². The first-order valence-electron chi connectivity index (χ1n) is 6.16. The van der Waals surface area contributed by atoms with Gasteiger partial charge in [0.2, 0.25) is 10.7 Å². The highest BCUT2D eigenvalue weighted by Crippen LogP contribution is 2.14. The number of H-pyrrole nitrogens is 1. The van der Waals surface area contributed by atoms with E-state index in [-0.39, 0.29) is 5.56 Å². The van der Waals surface area contributed by atoms with Gasteiger partial charge in [0.1, 0.15) is 0 Å². The van der Waals surface area contributed by atoms with E-state index in [1.54, 1.807) is 10.6 Å². The Balaban J connectivity index is 2.37. The quantitative estimate of drug-likeness (QED) is 0.344. The first-order valence-corrected chi connectivity index (χ1v) is 7.14. The molecule has 0 fully saturated rings. The van der Waals surface area contributed by atoms with Gasteiger partial charge >= 0.3 is 11.4 Å². The summed E-state index contributed by atoms with van der Waals surface area (Å²) in [5.74, 6) is 1.37. The van der Waals surface area contributed by atoms with Crippen LogP contribution in [0.5, 0.6) is 0 Å². The maximum absolute atomic E-state index is 12.3. The third-order valence-corrected chi connectivity index (χ3v) is 3.78. The number of aryl methyl sites for hydroxylation is 1. The molecule has 0 unspecified atom stereocenters. The smallest absolute Gasteiger partial charge is 0.295 e. The van der Waals surface area contributed by atoms with Gasteiger partial charge in [0, 0.05) is 12.7 Å². The summed E-state index contributed by atoms with van der Waals surface area (Å²) >= 11 is 1.43. The first-order chi connectivity index (χ1) is 9.70. The molecule has 0 spiro atoms. The van der Waals surface area contributed by atoms with Crippen molar-refractivity contribution in [1.82, 2.24) is 15.1 Å². The largest absolute Gasteiger partial charge is 0.321 e. The second-order valence-corrected chi connectivity index (χ2v) is 5.30. The Morgan fingerprint density at radius 1 is 1.45 bits per heavy atom. The Hall–Kier alpha value is -2.21. The highest BCUT2D eigenvalue weighted by molar-refractivity contribution is 7.99. The van der Waals surface area contributed by atoms with Crippen LogP contribution in [0.25, 0.3) is 16.4 Å². The highest BCUT2D eigenvalue weighted by atomic mass is 32.2. The molecular formula is C14H13N4OS+. The Labute approximate surface area is 119 Å². The Bertz CT molecular complexity index is 872. The number of benzene rings is 1. The van der Waals surface area contributed by atoms with E-state index >= 15 is 0 Å². The molecule has 0 aliphatic heterocycles. The molecule has 0 radical (unpaired) electrons. The first kappa shape index (κ1) is 12.8. The number of para-hydroxylation sites is 1. The van der Waals surface area contributed by atoms with E-state index in [1.165, 1.54) is 11.8 Å². The molecule has 0 atom stereocenters. The third kappa shape index (κ3) is 2.08. The molecule has 0 amide bonds. The summed E-state index contributed by atoms with van der Waals surface area (Å²) in [5.41, 5.74) is 1.16. The fraction of sp³-hybridized carbons (Fsp3) is 0.143. The van der Waals surface area contributed by atoms with E-state index in [2.05, 4.69) is 21.6 Å². The molecule has 5 nitrogen and oxygen atoms in total. The van der Waals surface area contributed by atoms with E-state index in [0.717, 1.165) is 10.9 Å². The molecule has 2 aromatic heterocycles. The molecule has 3 rings (SSSR count). The molecule has 1 N–H and O–H groups in total. The predicted octanol–water partition coefficient (Wildman–Crippen LogP) is 1.64. The maximum atomic E-state index is 12.3. The number of aromatic amines is 1. The molecule has 2 heterocycles. The molecular weight excluding hydrogens is 272 g/mol. The van der Waals surface area contributed by atoms with Crippen molar-refractivity contribution in [3.8, 4) is 0 Å². The topological polar surface area (TPSA) is 62.7 Å². The molecule has 100 valence electrons. The van der Waals surface area contributed by atoms with Gasteiger partial charge in [-0.15, -0.1) is 6.58 Å². The summed E-state index contributed by atoms with van der Waals surface area (Å²) < 4.78 is 1.60. The van der Waals surface area contributed by atoms with E-state index in [9.17, 15) is 4.79 Å². The van der Waals surface area contributed by atoms with Crippen LogP contribution in [0.15, 0.2) is 46.9 Å². The fourth-order valence-electron chi connectivity index (χ4n) is 2.08. The number of aromatic nitrogens is 4. The van der Waals surface area contributed by atoms with E-state index in [0.29, 0.717) is 22.3 Å². The van der Waals surface area contributed by atoms with Crippen molar-refractivity contribution in [2.45, 2.75) is 12.1 Å². The average Bonchev–Trinajstić information content (AvgIpc) is 2.45. The van der Waals surface area contributed by atoms with Gasteiger partial charge in [0.25, 0.3) is 0 Å². The van der Waals surface area contributed by atoms with Crippen molar-refractivity contribution in [3.05, 3.63) is 53.1 Å². The van der Waals surface area contributed by atoms with Crippen LogP contribution in [0.4, 0.5) is 0 Å². The number of nitrogens with one attached hydrogen (secondary N) is 1. The van der Waals surface area contributed by atoms with Crippen molar-refractivity contribution in [3.63, 3.8) is 0 Å². The number of hydrogen-bond acceptors (Lipinski definition) is 4. The Kier molecular flexibility index (Phi) is 3.23. The SMILES string of the molecule is C=CCSc1n[n+]2c(C)nc3ccccc3c2c(=O)[nH]1. The maximum Gasteiger partial charge on any atom is 0.321 e. The summed E-state index contributed by atoms with van der Waals surface area (Å²) in [7, 11) is 0. The monoisotopic (exact) mass is 285 g/mol.